The lowest BCUT2D eigenvalue weighted by atomic mass is 10.3. The van der Waals surface area contributed by atoms with Gasteiger partial charge in [-0.05, 0) is 30.0 Å². The molecule has 0 fully saturated rings. The van der Waals surface area contributed by atoms with E-state index < -0.39 is 0 Å². The number of benzene rings is 1. The molecule has 1 heterocycles. The minimum Gasteiger partial charge on any atom is -0.368 e. The molecule has 3 N–H and O–H groups in total. The minimum absolute atomic E-state index is 0.209. The Labute approximate surface area is 104 Å². The second-order valence-electron chi connectivity index (χ2n) is 3.25. The zero-order chi connectivity index (χ0) is 12.1. The van der Waals surface area contributed by atoms with Crippen LogP contribution in [-0.4, -0.2) is 20.7 Å². The van der Waals surface area contributed by atoms with Crippen molar-refractivity contribution in [2.75, 3.05) is 16.8 Å². The predicted molar refractivity (Wildman–Crippen MR) is 70.4 cm³/mol. The molecule has 0 atom stereocenters. The summed E-state index contributed by atoms with van der Waals surface area (Å²) in [5.41, 5.74) is 6.40. The van der Waals surface area contributed by atoms with Crippen molar-refractivity contribution >= 4 is 29.3 Å². The van der Waals surface area contributed by atoms with Gasteiger partial charge >= 0.3 is 0 Å². The second-order valence-corrected chi connectivity index (χ2v) is 4.59. The molecule has 0 spiro atoms. The lowest BCUT2D eigenvalue weighted by molar-refractivity contribution is 1.07. The van der Waals surface area contributed by atoms with Crippen LogP contribution in [-0.2, 0) is 0 Å². The lowest BCUT2D eigenvalue weighted by Crippen LogP contribution is -2.01. The SMILES string of the molecule is CCSc1ccc(Nc2ncnc(N)n2)cc1. The molecule has 1 aromatic carbocycles. The highest BCUT2D eigenvalue weighted by molar-refractivity contribution is 7.99. The van der Waals surface area contributed by atoms with Crippen LogP contribution in [0.3, 0.4) is 0 Å². The number of thioether (sulfide) groups is 1. The normalized spacial score (nSPS) is 10.2. The van der Waals surface area contributed by atoms with Crippen LogP contribution in [0.15, 0.2) is 35.5 Å². The molecule has 0 unspecified atom stereocenters. The lowest BCUT2D eigenvalue weighted by Gasteiger charge is -2.05. The summed E-state index contributed by atoms with van der Waals surface area (Å²) < 4.78 is 0. The van der Waals surface area contributed by atoms with E-state index >= 15 is 0 Å². The first-order chi connectivity index (χ1) is 8.28. The number of nitrogen functional groups attached to an aromatic ring is 1. The van der Waals surface area contributed by atoms with E-state index in [0.717, 1.165) is 11.4 Å². The van der Waals surface area contributed by atoms with Crippen molar-refractivity contribution in [3.8, 4) is 0 Å². The van der Waals surface area contributed by atoms with Gasteiger partial charge in [-0.25, -0.2) is 9.97 Å². The molecule has 2 aromatic rings. The molecule has 0 saturated heterocycles. The fourth-order valence-electron chi connectivity index (χ4n) is 1.30. The predicted octanol–water partition coefficient (Wildman–Crippen LogP) is 2.31. The average molecular weight is 247 g/mol. The fourth-order valence-corrected chi connectivity index (χ4v) is 1.96. The topological polar surface area (TPSA) is 76.7 Å². The second kappa shape index (κ2) is 5.49. The van der Waals surface area contributed by atoms with E-state index in [1.54, 1.807) is 11.8 Å². The molecule has 1 aromatic heterocycles. The molecule has 0 amide bonds. The Hall–Kier alpha value is -1.82. The Kier molecular flexibility index (Phi) is 3.77. The van der Waals surface area contributed by atoms with Crippen LogP contribution < -0.4 is 11.1 Å². The van der Waals surface area contributed by atoms with Crippen LogP contribution in [0.25, 0.3) is 0 Å². The monoisotopic (exact) mass is 247 g/mol. The van der Waals surface area contributed by atoms with Gasteiger partial charge in [-0.3, -0.25) is 0 Å². The standard InChI is InChI=1S/C11H13N5S/c1-2-17-9-5-3-8(4-6-9)15-11-14-7-13-10(12)16-11/h3-7H,2H2,1H3,(H3,12,13,14,15,16). The number of anilines is 3. The molecule has 17 heavy (non-hydrogen) atoms. The minimum atomic E-state index is 0.209. The molecule has 0 saturated carbocycles. The number of nitrogens with zero attached hydrogens (tertiary/aromatic N) is 3. The number of hydrogen-bond acceptors (Lipinski definition) is 6. The maximum absolute atomic E-state index is 5.47. The van der Waals surface area contributed by atoms with Crippen LogP contribution in [0.1, 0.15) is 6.92 Å². The first-order valence-electron chi connectivity index (χ1n) is 5.22. The van der Waals surface area contributed by atoms with Gasteiger partial charge in [-0.1, -0.05) is 6.92 Å². The van der Waals surface area contributed by atoms with Crippen LogP contribution in [0, 0.1) is 0 Å². The number of hydrogen-bond donors (Lipinski definition) is 2. The van der Waals surface area contributed by atoms with Gasteiger partial charge in [-0.2, -0.15) is 4.98 Å². The molecule has 0 radical (unpaired) electrons. The quantitative estimate of drug-likeness (QED) is 0.807. The smallest absolute Gasteiger partial charge is 0.231 e. The summed E-state index contributed by atoms with van der Waals surface area (Å²) in [6.45, 7) is 2.13. The van der Waals surface area contributed by atoms with E-state index in [9.17, 15) is 0 Å². The molecule has 5 nitrogen and oxygen atoms in total. The summed E-state index contributed by atoms with van der Waals surface area (Å²) in [5, 5.41) is 3.06. The Balaban J connectivity index is 2.08. The third-order valence-electron chi connectivity index (χ3n) is 2.01. The van der Waals surface area contributed by atoms with Crippen LogP contribution in [0.4, 0.5) is 17.6 Å². The van der Waals surface area contributed by atoms with E-state index in [1.807, 2.05) is 12.1 Å². The van der Waals surface area contributed by atoms with Crippen LogP contribution in [0.2, 0.25) is 0 Å². The maximum Gasteiger partial charge on any atom is 0.231 e. The molecule has 0 bridgehead atoms. The highest BCUT2D eigenvalue weighted by Gasteiger charge is 1.99. The summed E-state index contributed by atoms with van der Waals surface area (Å²) >= 11 is 1.80. The van der Waals surface area contributed by atoms with E-state index in [0.29, 0.717) is 5.95 Å². The van der Waals surface area contributed by atoms with E-state index in [1.165, 1.54) is 11.2 Å². The van der Waals surface area contributed by atoms with Crippen molar-refractivity contribution in [1.82, 2.24) is 15.0 Å². The molecule has 6 heteroatoms. The van der Waals surface area contributed by atoms with Crippen LogP contribution in [0.5, 0.6) is 0 Å². The third-order valence-corrected chi connectivity index (χ3v) is 2.91. The van der Waals surface area contributed by atoms with Gasteiger partial charge in [0.15, 0.2) is 0 Å². The van der Waals surface area contributed by atoms with Gasteiger partial charge in [0.2, 0.25) is 11.9 Å². The summed E-state index contributed by atoms with van der Waals surface area (Å²) in [6, 6.07) is 8.08. The highest BCUT2D eigenvalue weighted by Crippen LogP contribution is 2.21. The molecular formula is C11H13N5S. The Morgan fingerprint density at radius 1 is 1.24 bits per heavy atom. The Bertz CT molecular complexity index is 485. The average Bonchev–Trinajstić information content (AvgIpc) is 2.32. The van der Waals surface area contributed by atoms with Gasteiger partial charge in [0.05, 0.1) is 0 Å². The number of nitrogens with two attached hydrogens (primary N) is 1. The Morgan fingerprint density at radius 2 is 2.00 bits per heavy atom. The zero-order valence-electron chi connectivity index (χ0n) is 9.42. The Morgan fingerprint density at radius 3 is 2.65 bits per heavy atom. The molecule has 0 aliphatic carbocycles. The third kappa shape index (κ3) is 3.32. The van der Waals surface area contributed by atoms with E-state index in [-0.39, 0.29) is 5.95 Å². The number of aromatic nitrogens is 3. The zero-order valence-corrected chi connectivity index (χ0v) is 10.2. The molecule has 2 rings (SSSR count). The molecule has 88 valence electrons. The van der Waals surface area contributed by atoms with Gasteiger partial charge in [0, 0.05) is 10.6 Å². The maximum atomic E-state index is 5.47. The van der Waals surface area contributed by atoms with Crippen molar-refractivity contribution in [2.45, 2.75) is 11.8 Å². The van der Waals surface area contributed by atoms with Gasteiger partial charge < -0.3 is 11.1 Å². The first kappa shape index (κ1) is 11.7. The molecule has 0 aliphatic heterocycles. The van der Waals surface area contributed by atoms with Crippen molar-refractivity contribution in [3.63, 3.8) is 0 Å². The molecule has 0 aliphatic rings. The van der Waals surface area contributed by atoms with Gasteiger partial charge in [-0.15, -0.1) is 11.8 Å². The van der Waals surface area contributed by atoms with Crippen LogP contribution >= 0.6 is 11.8 Å². The van der Waals surface area contributed by atoms with Gasteiger partial charge in [0.25, 0.3) is 0 Å². The first-order valence-corrected chi connectivity index (χ1v) is 6.21. The summed E-state index contributed by atoms with van der Waals surface area (Å²) in [4.78, 5) is 12.9. The van der Waals surface area contributed by atoms with Crippen molar-refractivity contribution in [3.05, 3.63) is 30.6 Å². The van der Waals surface area contributed by atoms with Gasteiger partial charge in [0.1, 0.15) is 6.33 Å². The van der Waals surface area contributed by atoms with Crippen molar-refractivity contribution in [2.24, 2.45) is 0 Å². The highest BCUT2D eigenvalue weighted by atomic mass is 32.2. The largest absolute Gasteiger partial charge is 0.368 e. The summed E-state index contributed by atoms with van der Waals surface area (Å²) in [7, 11) is 0. The number of rotatable bonds is 4. The summed E-state index contributed by atoms with van der Waals surface area (Å²) in [5.74, 6) is 1.73. The van der Waals surface area contributed by atoms with E-state index in [4.69, 9.17) is 5.73 Å². The molecular weight excluding hydrogens is 234 g/mol. The fraction of sp³-hybridized carbons (Fsp3) is 0.182. The van der Waals surface area contributed by atoms with Crippen molar-refractivity contribution < 1.29 is 0 Å². The van der Waals surface area contributed by atoms with Crippen molar-refractivity contribution in [1.29, 1.82) is 0 Å². The number of nitrogens with one attached hydrogen (secondary N) is 1. The summed E-state index contributed by atoms with van der Waals surface area (Å²) in [6.07, 6.45) is 1.38. The van der Waals surface area contributed by atoms with E-state index in [2.05, 4.69) is 39.3 Å².